The van der Waals surface area contributed by atoms with Crippen molar-refractivity contribution >= 4 is 21.4 Å². The number of ether oxygens (including phenoxy) is 1. The minimum Gasteiger partial charge on any atom is -0.495 e. The van der Waals surface area contributed by atoms with Crippen LogP contribution in [0.3, 0.4) is 0 Å². The van der Waals surface area contributed by atoms with E-state index in [4.69, 9.17) is 10.5 Å². The summed E-state index contributed by atoms with van der Waals surface area (Å²) >= 11 is 0. The monoisotopic (exact) mass is 287 g/mol. The molecule has 6 nitrogen and oxygen atoms in total. The van der Waals surface area contributed by atoms with Crippen molar-refractivity contribution in [3.8, 4) is 5.75 Å². The van der Waals surface area contributed by atoms with Gasteiger partial charge in [0.05, 0.1) is 19.1 Å². The fourth-order valence-electron chi connectivity index (χ4n) is 1.68. The zero-order valence-corrected chi connectivity index (χ0v) is 12.5. The molecule has 0 aromatic heterocycles. The summed E-state index contributed by atoms with van der Waals surface area (Å²) in [5.74, 6) is 0.582. The van der Waals surface area contributed by atoms with Gasteiger partial charge in [-0.2, -0.15) is 0 Å². The molecule has 1 aromatic rings. The van der Waals surface area contributed by atoms with Gasteiger partial charge in [0, 0.05) is 23.8 Å². The van der Waals surface area contributed by atoms with Gasteiger partial charge in [-0.15, -0.1) is 0 Å². The van der Waals surface area contributed by atoms with Crippen LogP contribution in [-0.4, -0.2) is 33.9 Å². The molecule has 19 heavy (non-hydrogen) atoms. The molecule has 0 atom stereocenters. The molecule has 0 fully saturated rings. The molecule has 0 saturated heterocycles. The summed E-state index contributed by atoms with van der Waals surface area (Å²) in [6.07, 6.45) is 1.14. The van der Waals surface area contributed by atoms with Crippen LogP contribution in [0, 0.1) is 0 Å². The highest BCUT2D eigenvalue weighted by atomic mass is 32.2. The zero-order chi connectivity index (χ0) is 14.7. The molecule has 4 N–H and O–H groups in total. The quantitative estimate of drug-likeness (QED) is 0.679. The lowest BCUT2D eigenvalue weighted by atomic mass is 10.1. The number of hydrogen-bond acceptors (Lipinski definition) is 5. The first kappa shape index (κ1) is 15.6. The maximum atomic E-state index is 11.2. The molecule has 1 aromatic carbocycles. The van der Waals surface area contributed by atoms with E-state index < -0.39 is 15.6 Å². The van der Waals surface area contributed by atoms with E-state index in [2.05, 4.69) is 10.0 Å². The van der Waals surface area contributed by atoms with Crippen LogP contribution in [0.25, 0.3) is 0 Å². The molecule has 1 rings (SSSR count). The van der Waals surface area contributed by atoms with Crippen molar-refractivity contribution in [2.45, 2.75) is 19.4 Å². The number of anilines is 2. The largest absolute Gasteiger partial charge is 0.495 e. The third kappa shape index (κ3) is 5.35. The van der Waals surface area contributed by atoms with Crippen LogP contribution in [0.15, 0.2) is 18.2 Å². The van der Waals surface area contributed by atoms with Crippen molar-refractivity contribution in [2.24, 2.45) is 0 Å². The third-order valence-electron chi connectivity index (χ3n) is 2.43. The van der Waals surface area contributed by atoms with Crippen molar-refractivity contribution in [3.63, 3.8) is 0 Å². The van der Waals surface area contributed by atoms with Crippen LogP contribution in [0.1, 0.15) is 13.8 Å². The lowest BCUT2D eigenvalue weighted by molar-refractivity contribution is 0.417. The highest BCUT2D eigenvalue weighted by Gasteiger charge is 2.21. The zero-order valence-electron chi connectivity index (χ0n) is 11.6. The smallest absolute Gasteiger partial charge is 0.209 e. The van der Waals surface area contributed by atoms with Gasteiger partial charge in [-0.1, -0.05) is 0 Å². The Balaban J connectivity index is 2.71. The lowest BCUT2D eigenvalue weighted by Gasteiger charge is -2.26. The Morgan fingerprint density at radius 3 is 2.53 bits per heavy atom. The molecule has 0 aliphatic heterocycles. The normalized spacial score (nSPS) is 12.2. The van der Waals surface area contributed by atoms with E-state index in [1.54, 1.807) is 33.1 Å². The first-order chi connectivity index (χ1) is 8.63. The fourth-order valence-corrected chi connectivity index (χ4v) is 2.76. The van der Waals surface area contributed by atoms with Gasteiger partial charge in [-0.25, -0.2) is 13.1 Å². The predicted octanol–water partition coefficient (Wildman–Crippen LogP) is 1.02. The van der Waals surface area contributed by atoms with Gasteiger partial charge >= 0.3 is 0 Å². The molecule has 0 unspecified atom stereocenters. The van der Waals surface area contributed by atoms with Crippen molar-refractivity contribution in [3.05, 3.63) is 18.2 Å². The van der Waals surface area contributed by atoms with Crippen molar-refractivity contribution < 1.29 is 13.2 Å². The van der Waals surface area contributed by atoms with Crippen LogP contribution >= 0.6 is 0 Å². The summed E-state index contributed by atoms with van der Waals surface area (Å²) in [5.41, 5.74) is 6.50. The number of nitrogens with two attached hydrogens (primary N) is 1. The standard InChI is InChI=1S/C12H21N3O3S/c1-12(2,15-19(4,16)17)8-14-9-5-6-10(13)11(7-9)18-3/h5-7,14-15H,8,13H2,1-4H3. The minimum atomic E-state index is -3.24. The molecule has 108 valence electrons. The number of benzene rings is 1. The van der Waals surface area contributed by atoms with Gasteiger partial charge < -0.3 is 15.8 Å². The van der Waals surface area contributed by atoms with E-state index in [0.717, 1.165) is 11.9 Å². The number of rotatable bonds is 6. The Hall–Kier alpha value is -1.47. The summed E-state index contributed by atoms with van der Waals surface area (Å²) in [5, 5.41) is 3.15. The van der Waals surface area contributed by atoms with Crippen LogP contribution in [0.5, 0.6) is 5.75 Å². The van der Waals surface area contributed by atoms with Gasteiger partial charge in [0.1, 0.15) is 5.75 Å². The van der Waals surface area contributed by atoms with Crippen LogP contribution in [-0.2, 0) is 10.0 Å². The number of sulfonamides is 1. The number of methoxy groups -OCH3 is 1. The molecule has 0 heterocycles. The Morgan fingerprint density at radius 2 is 2.00 bits per heavy atom. The van der Waals surface area contributed by atoms with Gasteiger partial charge in [0.15, 0.2) is 0 Å². The molecule has 0 aliphatic rings. The Labute approximate surface area is 114 Å². The fraction of sp³-hybridized carbons (Fsp3) is 0.500. The van der Waals surface area contributed by atoms with Gasteiger partial charge in [0.25, 0.3) is 0 Å². The third-order valence-corrected chi connectivity index (χ3v) is 3.35. The van der Waals surface area contributed by atoms with E-state index in [9.17, 15) is 8.42 Å². The van der Waals surface area contributed by atoms with Crippen LogP contribution < -0.4 is 20.5 Å². The lowest BCUT2D eigenvalue weighted by Crippen LogP contribution is -2.47. The highest BCUT2D eigenvalue weighted by Crippen LogP contribution is 2.25. The number of nitrogens with one attached hydrogen (secondary N) is 2. The molecular weight excluding hydrogens is 266 g/mol. The number of nitrogen functional groups attached to an aromatic ring is 1. The number of hydrogen-bond donors (Lipinski definition) is 3. The maximum Gasteiger partial charge on any atom is 0.209 e. The molecule has 0 bridgehead atoms. The summed E-state index contributed by atoms with van der Waals surface area (Å²) in [6.45, 7) is 4.04. The predicted molar refractivity (Wildman–Crippen MR) is 78.0 cm³/mol. The Morgan fingerprint density at radius 1 is 1.37 bits per heavy atom. The molecule has 0 spiro atoms. The molecule has 7 heteroatoms. The summed E-state index contributed by atoms with van der Waals surface area (Å²) in [4.78, 5) is 0. The average molecular weight is 287 g/mol. The molecule has 0 radical (unpaired) electrons. The SMILES string of the molecule is COc1cc(NCC(C)(C)NS(C)(=O)=O)ccc1N. The summed E-state index contributed by atoms with van der Waals surface area (Å²) in [7, 11) is -1.69. The minimum absolute atomic E-state index is 0.438. The van der Waals surface area contributed by atoms with E-state index in [0.29, 0.717) is 18.0 Å². The van der Waals surface area contributed by atoms with E-state index in [-0.39, 0.29) is 0 Å². The first-order valence-electron chi connectivity index (χ1n) is 5.79. The molecular formula is C12H21N3O3S. The molecule has 0 saturated carbocycles. The summed E-state index contributed by atoms with van der Waals surface area (Å²) < 4.78 is 30.1. The topological polar surface area (TPSA) is 93.5 Å². The first-order valence-corrected chi connectivity index (χ1v) is 7.68. The van der Waals surface area contributed by atoms with Gasteiger partial charge in [-0.3, -0.25) is 0 Å². The Bertz CT molecular complexity index is 541. The van der Waals surface area contributed by atoms with Crippen molar-refractivity contribution in [1.29, 1.82) is 0 Å². The molecule has 0 amide bonds. The van der Waals surface area contributed by atoms with Crippen LogP contribution in [0.4, 0.5) is 11.4 Å². The second-order valence-electron chi connectivity index (χ2n) is 5.07. The average Bonchev–Trinajstić information content (AvgIpc) is 2.25. The van der Waals surface area contributed by atoms with Crippen molar-refractivity contribution in [2.75, 3.05) is 31.0 Å². The maximum absolute atomic E-state index is 11.2. The molecule has 0 aliphatic carbocycles. The Kier molecular flexibility index (Phi) is 4.65. The van der Waals surface area contributed by atoms with Crippen LogP contribution in [0.2, 0.25) is 0 Å². The van der Waals surface area contributed by atoms with Gasteiger partial charge in [-0.05, 0) is 26.0 Å². The summed E-state index contributed by atoms with van der Waals surface area (Å²) in [6, 6.07) is 5.32. The second-order valence-corrected chi connectivity index (χ2v) is 6.82. The van der Waals surface area contributed by atoms with E-state index >= 15 is 0 Å². The second kappa shape index (κ2) is 5.66. The van der Waals surface area contributed by atoms with Gasteiger partial charge in [0.2, 0.25) is 10.0 Å². The highest BCUT2D eigenvalue weighted by molar-refractivity contribution is 7.88. The van der Waals surface area contributed by atoms with E-state index in [1.165, 1.54) is 0 Å². The van der Waals surface area contributed by atoms with E-state index in [1.807, 2.05) is 6.07 Å². The van der Waals surface area contributed by atoms with Crippen molar-refractivity contribution in [1.82, 2.24) is 4.72 Å².